The number of anilines is 1. The van der Waals surface area contributed by atoms with Crippen molar-refractivity contribution in [2.45, 2.75) is 5.03 Å². The van der Waals surface area contributed by atoms with Crippen molar-refractivity contribution in [1.82, 2.24) is 9.97 Å². The maximum atomic E-state index is 13.5. The zero-order valence-electron chi connectivity index (χ0n) is 11.8. The molecular formula is C16H11F2N3OS. The van der Waals surface area contributed by atoms with Gasteiger partial charge in [0.1, 0.15) is 28.7 Å². The Kier molecular flexibility index (Phi) is 4.47. The van der Waals surface area contributed by atoms with Gasteiger partial charge in [0.2, 0.25) is 5.91 Å². The van der Waals surface area contributed by atoms with E-state index in [9.17, 15) is 13.6 Å². The summed E-state index contributed by atoms with van der Waals surface area (Å²) in [4.78, 5) is 20.2. The van der Waals surface area contributed by atoms with Crippen LogP contribution in [0.25, 0.3) is 10.9 Å². The van der Waals surface area contributed by atoms with Gasteiger partial charge in [-0.25, -0.2) is 18.7 Å². The van der Waals surface area contributed by atoms with Crippen LogP contribution in [0.3, 0.4) is 0 Å². The van der Waals surface area contributed by atoms with Gasteiger partial charge in [0.15, 0.2) is 0 Å². The maximum Gasteiger partial charge on any atom is 0.234 e. The fourth-order valence-electron chi connectivity index (χ4n) is 2.02. The average Bonchev–Trinajstić information content (AvgIpc) is 2.56. The van der Waals surface area contributed by atoms with Crippen molar-refractivity contribution in [3.63, 3.8) is 0 Å². The lowest BCUT2D eigenvalue weighted by Gasteiger charge is -2.08. The van der Waals surface area contributed by atoms with E-state index < -0.39 is 23.2 Å². The summed E-state index contributed by atoms with van der Waals surface area (Å²) < 4.78 is 27.0. The van der Waals surface area contributed by atoms with Gasteiger partial charge in [0.25, 0.3) is 0 Å². The Balaban J connectivity index is 1.71. The molecule has 1 amide bonds. The highest BCUT2D eigenvalue weighted by Crippen LogP contribution is 2.24. The summed E-state index contributed by atoms with van der Waals surface area (Å²) in [5.41, 5.74) is 0.330. The number of para-hydroxylation sites is 2. The van der Waals surface area contributed by atoms with Gasteiger partial charge in [-0.2, -0.15) is 0 Å². The summed E-state index contributed by atoms with van der Waals surface area (Å²) in [6, 6.07) is 10.8. The summed E-state index contributed by atoms with van der Waals surface area (Å²) in [6.45, 7) is 0. The van der Waals surface area contributed by atoms with E-state index >= 15 is 0 Å². The molecule has 3 rings (SSSR count). The van der Waals surface area contributed by atoms with Crippen LogP contribution in [-0.2, 0) is 4.79 Å². The molecule has 1 N–H and O–H groups in total. The Morgan fingerprint density at radius 1 is 1.04 bits per heavy atom. The third kappa shape index (κ3) is 3.45. The van der Waals surface area contributed by atoms with Gasteiger partial charge in [-0.15, -0.1) is 0 Å². The standard InChI is InChI=1S/C16H11F2N3OS/c17-11-5-3-6-12(18)15(11)21-14(22)8-23-16-10-4-1-2-7-13(10)19-9-20-16/h1-7,9H,8H2,(H,21,22). The van der Waals surface area contributed by atoms with Crippen molar-refractivity contribution in [2.24, 2.45) is 0 Å². The zero-order chi connectivity index (χ0) is 16.2. The summed E-state index contributed by atoms with van der Waals surface area (Å²) in [7, 11) is 0. The highest BCUT2D eigenvalue weighted by atomic mass is 32.2. The van der Waals surface area contributed by atoms with E-state index in [1.165, 1.54) is 24.2 Å². The third-order valence-electron chi connectivity index (χ3n) is 3.07. The van der Waals surface area contributed by atoms with Gasteiger partial charge in [-0.3, -0.25) is 4.79 Å². The van der Waals surface area contributed by atoms with Crippen LogP contribution in [0.4, 0.5) is 14.5 Å². The lowest BCUT2D eigenvalue weighted by atomic mass is 10.2. The number of amides is 1. The fourth-order valence-corrected chi connectivity index (χ4v) is 2.81. The normalized spacial score (nSPS) is 10.7. The van der Waals surface area contributed by atoms with Gasteiger partial charge < -0.3 is 5.32 Å². The minimum absolute atomic E-state index is 0.0191. The van der Waals surface area contributed by atoms with Crippen LogP contribution in [0, 0.1) is 11.6 Å². The molecule has 1 aromatic heterocycles. The number of aromatic nitrogens is 2. The van der Waals surface area contributed by atoms with Crippen molar-refractivity contribution in [3.8, 4) is 0 Å². The van der Waals surface area contributed by atoms with Gasteiger partial charge in [-0.1, -0.05) is 36.0 Å². The first-order chi connectivity index (χ1) is 11.1. The Labute approximate surface area is 135 Å². The number of nitrogens with one attached hydrogen (secondary N) is 1. The number of rotatable bonds is 4. The highest BCUT2D eigenvalue weighted by molar-refractivity contribution is 8.00. The molecule has 0 bridgehead atoms. The first-order valence-electron chi connectivity index (χ1n) is 6.71. The number of nitrogens with zero attached hydrogens (tertiary/aromatic N) is 2. The molecule has 0 aliphatic carbocycles. The molecule has 0 atom stereocenters. The number of hydrogen-bond acceptors (Lipinski definition) is 4. The second-order valence-corrected chi connectivity index (χ2v) is 5.59. The Bertz CT molecular complexity index is 847. The molecule has 0 saturated heterocycles. The quantitative estimate of drug-likeness (QED) is 0.586. The molecule has 3 aromatic rings. The number of carbonyl (C=O) groups is 1. The number of thioether (sulfide) groups is 1. The molecule has 23 heavy (non-hydrogen) atoms. The second-order valence-electron chi connectivity index (χ2n) is 4.63. The van der Waals surface area contributed by atoms with Crippen molar-refractivity contribution >= 4 is 34.3 Å². The summed E-state index contributed by atoms with van der Waals surface area (Å²) in [6.07, 6.45) is 1.42. The van der Waals surface area contributed by atoms with Crippen LogP contribution in [0.5, 0.6) is 0 Å². The van der Waals surface area contributed by atoms with E-state index in [1.807, 2.05) is 24.3 Å². The largest absolute Gasteiger partial charge is 0.320 e. The summed E-state index contributed by atoms with van der Waals surface area (Å²) >= 11 is 1.18. The molecule has 0 aliphatic heterocycles. The third-order valence-corrected chi connectivity index (χ3v) is 4.08. The SMILES string of the molecule is O=C(CSc1ncnc2ccccc12)Nc1c(F)cccc1F. The van der Waals surface area contributed by atoms with Gasteiger partial charge >= 0.3 is 0 Å². The van der Waals surface area contributed by atoms with Crippen LogP contribution in [0.2, 0.25) is 0 Å². The minimum Gasteiger partial charge on any atom is -0.320 e. The molecule has 2 aromatic carbocycles. The molecule has 4 nitrogen and oxygen atoms in total. The molecule has 0 radical (unpaired) electrons. The summed E-state index contributed by atoms with van der Waals surface area (Å²) in [5, 5.41) is 3.71. The fraction of sp³-hybridized carbons (Fsp3) is 0.0625. The van der Waals surface area contributed by atoms with E-state index in [0.717, 1.165) is 23.0 Å². The number of hydrogen-bond donors (Lipinski definition) is 1. The smallest absolute Gasteiger partial charge is 0.234 e. The van der Waals surface area contributed by atoms with E-state index in [2.05, 4.69) is 15.3 Å². The van der Waals surface area contributed by atoms with Crippen LogP contribution >= 0.6 is 11.8 Å². The molecular weight excluding hydrogens is 320 g/mol. The first-order valence-corrected chi connectivity index (χ1v) is 7.70. The van der Waals surface area contributed by atoms with Crippen molar-refractivity contribution in [3.05, 3.63) is 60.4 Å². The highest BCUT2D eigenvalue weighted by Gasteiger charge is 2.13. The monoisotopic (exact) mass is 331 g/mol. The second kappa shape index (κ2) is 6.70. The van der Waals surface area contributed by atoms with E-state index in [-0.39, 0.29) is 5.75 Å². The van der Waals surface area contributed by atoms with Crippen molar-refractivity contribution < 1.29 is 13.6 Å². The van der Waals surface area contributed by atoms with Gasteiger partial charge in [0, 0.05) is 5.39 Å². The topological polar surface area (TPSA) is 54.9 Å². The maximum absolute atomic E-state index is 13.5. The predicted octanol–water partition coefficient (Wildman–Crippen LogP) is 3.64. The number of benzene rings is 2. The molecule has 116 valence electrons. The average molecular weight is 331 g/mol. The number of halogens is 2. The molecule has 0 spiro atoms. The molecule has 0 saturated carbocycles. The lowest BCUT2D eigenvalue weighted by Crippen LogP contribution is -2.16. The molecule has 0 aliphatic rings. The van der Waals surface area contributed by atoms with E-state index in [4.69, 9.17) is 0 Å². The van der Waals surface area contributed by atoms with Crippen molar-refractivity contribution in [1.29, 1.82) is 0 Å². The zero-order valence-corrected chi connectivity index (χ0v) is 12.6. The first kappa shape index (κ1) is 15.4. The molecule has 7 heteroatoms. The summed E-state index contributed by atoms with van der Waals surface area (Å²) in [5.74, 6) is -2.15. The Morgan fingerprint density at radius 2 is 1.78 bits per heavy atom. The molecule has 0 unspecified atom stereocenters. The predicted molar refractivity (Wildman–Crippen MR) is 85.2 cm³/mol. The van der Waals surface area contributed by atoms with E-state index in [1.54, 1.807) is 0 Å². The minimum atomic E-state index is -0.809. The number of carbonyl (C=O) groups excluding carboxylic acids is 1. The molecule has 0 fully saturated rings. The van der Waals surface area contributed by atoms with Crippen LogP contribution in [0.1, 0.15) is 0 Å². The molecule has 1 heterocycles. The Hall–Kier alpha value is -2.54. The lowest BCUT2D eigenvalue weighted by molar-refractivity contribution is -0.113. The Morgan fingerprint density at radius 3 is 2.57 bits per heavy atom. The number of fused-ring (bicyclic) bond motifs is 1. The van der Waals surface area contributed by atoms with Gasteiger partial charge in [-0.05, 0) is 18.2 Å². The van der Waals surface area contributed by atoms with Crippen LogP contribution < -0.4 is 5.32 Å². The van der Waals surface area contributed by atoms with Crippen LogP contribution in [0.15, 0.2) is 53.8 Å². The van der Waals surface area contributed by atoms with Crippen LogP contribution in [-0.4, -0.2) is 21.6 Å². The van der Waals surface area contributed by atoms with Crippen molar-refractivity contribution in [2.75, 3.05) is 11.1 Å². The van der Waals surface area contributed by atoms with E-state index in [0.29, 0.717) is 5.03 Å². The van der Waals surface area contributed by atoms with Gasteiger partial charge in [0.05, 0.1) is 11.3 Å².